The monoisotopic (exact) mass is 591 g/mol. The van der Waals surface area contributed by atoms with E-state index in [1.807, 2.05) is 26.0 Å². The molecule has 1 fully saturated rings. The van der Waals surface area contributed by atoms with Gasteiger partial charge in [0.25, 0.3) is 11.1 Å². The number of thioether (sulfide) groups is 1. The summed E-state index contributed by atoms with van der Waals surface area (Å²) < 4.78 is 12.4. The third kappa shape index (κ3) is 5.88. The Balaban J connectivity index is 1.85. The van der Waals surface area contributed by atoms with Crippen LogP contribution in [0.4, 0.5) is 4.79 Å². The third-order valence-corrected chi connectivity index (χ3v) is 6.73. The summed E-state index contributed by atoms with van der Waals surface area (Å²) in [6.07, 6.45) is 2.59. The molecule has 1 saturated heterocycles. The summed E-state index contributed by atoms with van der Waals surface area (Å²) in [5, 5.41) is 0.473. The number of carbonyl (C=O) groups is 2. The molecule has 1 aliphatic heterocycles. The minimum atomic E-state index is -0.347. The summed E-state index contributed by atoms with van der Waals surface area (Å²) in [4.78, 5) is 26.9. The predicted molar refractivity (Wildman–Crippen MR) is 134 cm³/mol. The van der Waals surface area contributed by atoms with Crippen LogP contribution < -0.4 is 9.47 Å². The first-order chi connectivity index (χ1) is 14.8. The highest BCUT2D eigenvalue weighted by molar-refractivity contribution is 14.1. The molecule has 0 N–H and O–H groups in total. The number of imide groups is 1. The van der Waals surface area contributed by atoms with E-state index in [1.165, 1.54) is 4.90 Å². The van der Waals surface area contributed by atoms with Gasteiger partial charge in [0.15, 0.2) is 11.5 Å². The first-order valence-corrected chi connectivity index (χ1v) is 12.3. The van der Waals surface area contributed by atoms with Gasteiger partial charge in [-0.1, -0.05) is 36.2 Å². The molecule has 0 aromatic heterocycles. The van der Waals surface area contributed by atoms with Crippen molar-refractivity contribution >= 4 is 74.8 Å². The van der Waals surface area contributed by atoms with E-state index in [0.717, 1.165) is 32.9 Å². The van der Waals surface area contributed by atoms with Gasteiger partial charge in [0, 0.05) is 0 Å². The van der Waals surface area contributed by atoms with E-state index in [0.29, 0.717) is 39.7 Å². The molecule has 5 nitrogen and oxygen atoms in total. The van der Waals surface area contributed by atoms with Crippen LogP contribution in [0.15, 0.2) is 35.2 Å². The second-order valence-corrected chi connectivity index (χ2v) is 9.60. The van der Waals surface area contributed by atoms with E-state index < -0.39 is 0 Å². The predicted octanol–water partition coefficient (Wildman–Crippen LogP) is 7.02. The van der Waals surface area contributed by atoms with Crippen molar-refractivity contribution in [1.82, 2.24) is 4.90 Å². The molecular weight excluding hydrogens is 572 g/mol. The van der Waals surface area contributed by atoms with Crippen molar-refractivity contribution in [2.75, 3.05) is 13.2 Å². The molecule has 2 amide bonds. The van der Waals surface area contributed by atoms with Crippen LogP contribution in [0.1, 0.15) is 31.4 Å². The van der Waals surface area contributed by atoms with Gasteiger partial charge in [0.2, 0.25) is 0 Å². The first-order valence-electron chi connectivity index (χ1n) is 9.62. The van der Waals surface area contributed by atoms with Gasteiger partial charge in [0.05, 0.1) is 38.3 Å². The number of halogens is 3. The van der Waals surface area contributed by atoms with Gasteiger partial charge >= 0.3 is 0 Å². The first kappa shape index (κ1) is 24.2. The lowest BCUT2D eigenvalue weighted by molar-refractivity contribution is -0.123. The molecule has 0 radical (unpaired) electrons. The molecule has 2 aromatic carbocycles. The lowest BCUT2D eigenvalue weighted by atomic mass is 10.1. The molecule has 0 spiro atoms. The molecule has 31 heavy (non-hydrogen) atoms. The topological polar surface area (TPSA) is 55.8 Å². The minimum absolute atomic E-state index is 0.129. The van der Waals surface area contributed by atoms with E-state index in [4.69, 9.17) is 32.7 Å². The van der Waals surface area contributed by atoms with Gasteiger partial charge in [-0.2, -0.15) is 0 Å². The number of hydrogen-bond donors (Lipinski definition) is 0. The quantitative estimate of drug-likeness (QED) is 0.244. The van der Waals surface area contributed by atoms with E-state index >= 15 is 0 Å². The number of ether oxygens (including phenoxy) is 2. The number of amides is 2. The zero-order valence-electron chi connectivity index (χ0n) is 16.9. The van der Waals surface area contributed by atoms with Crippen molar-refractivity contribution in [2.24, 2.45) is 0 Å². The number of rotatable bonds is 8. The van der Waals surface area contributed by atoms with Gasteiger partial charge in [-0.25, -0.2) is 0 Å². The Morgan fingerprint density at radius 3 is 2.55 bits per heavy atom. The van der Waals surface area contributed by atoms with Crippen molar-refractivity contribution in [3.05, 3.63) is 60.0 Å². The summed E-state index contributed by atoms with van der Waals surface area (Å²) in [5.74, 6) is 0.957. The lowest BCUT2D eigenvalue weighted by Gasteiger charge is -2.14. The van der Waals surface area contributed by atoms with E-state index in [-0.39, 0.29) is 17.7 Å². The zero-order chi connectivity index (χ0) is 22.5. The molecule has 1 aliphatic rings. The Bertz CT molecular complexity index is 1040. The van der Waals surface area contributed by atoms with Gasteiger partial charge in [0.1, 0.15) is 0 Å². The highest BCUT2D eigenvalue weighted by atomic mass is 127. The maximum Gasteiger partial charge on any atom is 0.293 e. The summed E-state index contributed by atoms with van der Waals surface area (Å²) in [7, 11) is 0. The second kappa shape index (κ2) is 10.9. The Kier molecular flexibility index (Phi) is 8.55. The zero-order valence-corrected chi connectivity index (χ0v) is 21.4. The number of nitrogens with zero attached hydrogens (tertiary/aromatic N) is 1. The fourth-order valence-corrected chi connectivity index (χ4v) is 4.83. The summed E-state index contributed by atoms with van der Waals surface area (Å²) in [5.41, 5.74) is 1.49. The standard InChI is InChI=1S/C22H20Cl2INO4S/c1-3-7-30-20-17(25)9-14(10-18(20)29-4-2)11-19-21(27)26(22(28)31-19)12-13-5-6-15(23)16(24)8-13/h5-6,8-11H,3-4,7,12H2,1-2H3/b19-11-. The van der Waals surface area contributed by atoms with Gasteiger partial charge in [-0.05, 0) is 89.2 Å². The molecule has 0 bridgehead atoms. The third-order valence-electron chi connectivity index (χ3n) is 4.28. The molecular formula is C22H20Cl2INO4S. The maximum absolute atomic E-state index is 12.9. The van der Waals surface area contributed by atoms with Crippen LogP contribution in [-0.2, 0) is 11.3 Å². The van der Waals surface area contributed by atoms with Gasteiger partial charge < -0.3 is 9.47 Å². The highest BCUT2D eigenvalue weighted by Gasteiger charge is 2.35. The molecule has 0 saturated carbocycles. The van der Waals surface area contributed by atoms with Crippen LogP contribution in [0.5, 0.6) is 11.5 Å². The normalized spacial score (nSPS) is 15.1. The van der Waals surface area contributed by atoms with Crippen molar-refractivity contribution in [1.29, 1.82) is 0 Å². The summed E-state index contributed by atoms with van der Waals surface area (Å²) >= 11 is 15.1. The van der Waals surface area contributed by atoms with Crippen LogP contribution in [-0.4, -0.2) is 29.3 Å². The van der Waals surface area contributed by atoms with E-state index in [1.54, 1.807) is 24.3 Å². The van der Waals surface area contributed by atoms with Gasteiger partial charge in [-0.3, -0.25) is 14.5 Å². The van der Waals surface area contributed by atoms with Crippen LogP contribution >= 0.6 is 57.6 Å². The van der Waals surface area contributed by atoms with Crippen LogP contribution in [0.3, 0.4) is 0 Å². The Labute approximate surface area is 209 Å². The molecule has 9 heteroatoms. The molecule has 164 valence electrons. The molecule has 1 heterocycles. The van der Waals surface area contributed by atoms with Crippen molar-refractivity contribution in [3.8, 4) is 11.5 Å². The molecule has 0 atom stereocenters. The van der Waals surface area contributed by atoms with Gasteiger partial charge in [-0.15, -0.1) is 0 Å². The van der Waals surface area contributed by atoms with E-state index in [9.17, 15) is 9.59 Å². The molecule has 0 unspecified atom stereocenters. The summed E-state index contributed by atoms with van der Waals surface area (Å²) in [6.45, 7) is 5.14. The van der Waals surface area contributed by atoms with Crippen LogP contribution in [0.2, 0.25) is 10.0 Å². The summed E-state index contributed by atoms with van der Waals surface area (Å²) in [6, 6.07) is 8.77. The Morgan fingerprint density at radius 1 is 1.10 bits per heavy atom. The van der Waals surface area contributed by atoms with Crippen molar-refractivity contribution < 1.29 is 19.1 Å². The smallest absolute Gasteiger partial charge is 0.293 e. The largest absolute Gasteiger partial charge is 0.490 e. The van der Waals surface area contributed by atoms with Crippen molar-refractivity contribution in [3.63, 3.8) is 0 Å². The van der Waals surface area contributed by atoms with Crippen LogP contribution in [0.25, 0.3) is 6.08 Å². The van der Waals surface area contributed by atoms with Crippen LogP contribution in [0, 0.1) is 3.57 Å². The Hall–Kier alpha value is -1.42. The average Bonchev–Trinajstić information content (AvgIpc) is 2.98. The maximum atomic E-state index is 12.9. The fourth-order valence-electron chi connectivity index (χ4n) is 2.89. The lowest BCUT2D eigenvalue weighted by Crippen LogP contribution is -2.27. The van der Waals surface area contributed by atoms with Crippen molar-refractivity contribution in [2.45, 2.75) is 26.8 Å². The molecule has 0 aliphatic carbocycles. The average molecular weight is 592 g/mol. The molecule has 2 aromatic rings. The number of carbonyl (C=O) groups excluding carboxylic acids is 2. The Morgan fingerprint density at radius 2 is 1.87 bits per heavy atom. The highest BCUT2D eigenvalue weighted by Crippen LogP contribution is 2.38. The second-order valence-electron chi connectivity index (χ2n) is 6.63. The minimum Gasteiger partial charge on any atom is -0.490 e. The SMILES string of the molecule is CCCOc1c(I)cc(/C=C2\SC(=O)N(Cc3ccc(Cl)c(Cl)c3)C2=O)cc1OCC. The van der Waals surface area contributed by atoms with E-state index in [2.05, 4.69) is 22.6 Å². The number of hydrogen-bond acceptors (Lipinski definition) is 5. The number of benzene rings is 2. The fraction of sp³-hybridized carbons (Fsp3) is 0.273. The molecule has 3 rings (SSSR count).